The molecule has 10 nitrogen and oxygen atoms in total. The smallest absolute Gasteiger partial charge is 0.450 e. The maximum atomic E-state index is 10.6. The van der Waals surface area contributed by atoms with E-state index in [0.717, 1.165) is 0 Å². The summed E-state index contributed by atoms with van der Waals surface area (Å²) in [6, 6.07) is 0. The average Bonchev–Trinajstić information content (AvgIpc) is 2.78. The van der Waals surface area contributed by atoms with E-state index in [9.17, 15) is 14.7 Å². The molecule has 0 radical (unpaired) electrons. The van der Waals surface area contributed by atoms with E-state index < -0.39 is 55.4 Å². The van der Waals surface area contributed by atoms with Crippen LogP contribution in [0.1, 0.15) is 13.8 Å². The molecule has 120 valence electrons. The summed E-state index contributed by atoms with van der Waals surface area (Å²) in [5.74, 6) is -0.942. The van der Waals surface area contributed by atoms with Crippen LogP contribution in [0.25, 0.3) is 0 Å². The molecule has 2 rings (SSSR count). The van der Waals surface area contributed by atoms with E-state index in [1.165, 1.54) is 0 Å². The lowest BCUT2D eigenvalue weighted by Gasteiger charge is -2.27. The molecule has 0 saturated carbocycles. The number of ether oxygens (including phenoxy) is 5. The van der Waals surface area contributed by atoms with Gasteiger partial charge in [-0.25, -0.2) is 9.59 Å². The van der Waals surface area contributed by atoms with Gasteiger partial charge in [-0.2, -0.15) is 0 Å². The summed E-state index contributed by atoms with van der Waals surface area (Å²) >= 11 is 0. The van der Waals surface area contributed by atoms with Gasteiger partial charge in [0.2, 0.25) is 0 Å². The minimum atomic E-state index is -1.65. The van der Waals surface area contributed by atoms with E-state index in [0.29, 0.717) is 0 Å². The van der Waals surface area contributed by atoms with Gasteiger partial charge in [0, 0.05) is 0 Å². The van der Waals surface area contributed by atoms with Gasteiger partial charge >= 0.3 is 12.3 Å². The second kappa shape index (κ2) is 5.64. The highest BCUT2D eigenvalue weighted by Crippen LogP contribution is 2.38. The zero-order valence-electron chi connectivity index (χ0n) is 11.3. The molecular weight excluding hydrogens is 292 g/mol. The molecule has 0 spiro atoms. The van der Waals surface area contributed by atoms with Crippen molar-refractivity contribution in [2.24, 2.45) is 0 Å². The van der Waals surface area contributed by atoms with Crippen LogP contribution in [-0.4, -0.2) is 70.7 Å². The summed E-state index contributed by atoms with van der Waals surface area (Å²) in [6.07, 6.45) is -8.72. The summed E-state index contributed by atoms with van der Waals surface area (Å²) in [5, 5.41) is 27.2. The molecule has 5 atom stereocenters. The molecule has 3 N–H and O–H groups in total. The van der Waals surface area contributed by atoms with Gasteiger partial charge in [0.05, 0.1) is 0 Å². The molecule has 10 heteroatoms. The molecule has 5 unspecified atom stereocenters. The van der Waals surface area contributed by atoms with E-state index in [1.807, 2.05) is 0 Å². The van der Waals surface area contributed by atoms with Crippen LogP contribution >= 0.6 is 0 Å². The lowest BCUT2D eigenvalue weighted by Crippen LogP contribution is -2.45. The van der Waals surface area contributed by atoms with Crippen molar-refractivity contribution in [1.29, 1.82) is 0 Å². The molecule has 0 aliphatic carbocycles. The van der Waals surface area contributed by atoms with Crippen LogP contribution < -0.4 is 0 Å². The zero-order valence-corrected chi connectivity index (χ0v) is 11.3. The van der Waals surface area contributed by atoms with E-state index in [2.05, 4.69) is 9.47 Å². The van der Waals surface area contributed by atoms with Gasteiger partial charge in [-0.1, -0.05) is 0 Å². The fourth-order valence-electron chi connectivity index (χ4n) is 2.30. The Morgan fingerprint density at radius 1 is 1.24 bits per heavy atom. The summed E-state index contributed by atoms with van der Waals surface area (Å²) in [6.45, 7) is 2.65. The molecule has 21 heavy (non-hydrogen) atoms. The third-order valence-electron chi connectivity index (χ3n) is 3.04. The molecule has 2 saturated heterocycles. The Hall–Kier alpha value is -1.62. The van der Waals surface area contributed by atoms with E-state index in [4.69, 9.17) is 24.4 Å². The first kappa shape index (κ1) is 15.8. The quantitative estimate of drug-likeness (QED) is 0.606. The molecule has 0 aromatic heterocycles. The van der Waals surface area contributed by atoms with Crippen LogP contribution in [-0.2, 0) is 23.7 Å². The third kappa shape index (κ3) is 3.53. The molecular formula is C11H16O10. The molecule has 2 heterocycles. The molecule has 0 aromatic carbocycles. The van der Waals surface area contributed by atoms with Crippen molar-refractivity contribution in [3.63, 3.8) is 0 Å². The third-order valence-corrected chi connectivity index (χ3v) is 3.04. The van der Waals surface area contributed by atoms with Gasteiger partial charge < -0.3 is 39.0 Å². The van der Waals surface area contributed by atoms with Crippen molar-refractivity contribution in [3.8, 4) is 0 Å². The molecule has 2 fully saturated rings. The van der Waals surface area contributed by atoms with Crippen LogP contribution in [0.15, 0.2) is 0 Å². The summed E-state index contributed by atoms with van der Waals surface area (Å²) < 4.78 is 25.0. The topological polar surface area (TPSA) is 141 Å². The van der Waals surface area contributed by atoms with Crippen LogP contribution in [0.5, 0.6) is 0 Å². The fraction of sp³-hybridized carbons (Fsp3) is 0.818. The van der Waals surface area contributed by atoms with Gasteiger partial charge in [-0.05, 0) is 13.8 Å². The fourth-order valence-corrected chi connectivity index (χ4v) is 2.30. The minimum absolute atomic E-state index is 0.619. The van der Waals surface area contributed by atoms with Gasteiger partial charge in [0.15, 0.2) is 18.2 Å². The van der Waals surface area contributed by atoms with Gasteiger partial charge in [0.1, 0.15) is 24.9 Å². The van der Waals surface area contributed by atoms with Gasteiger partial charge in [-0.3, -0.25) is 0 Å². The summed E-state index contributed by atoms with van der Waals surface area (Å²) in [5.41, 5.74) is 0. The normalized spacial score (nSPS) is 35.0. The van der Waals surface area contributed by atoms with Crippen molar-refractivity contribution < 1.29 is 48.6 Å². The number of carbonyl (C=O) groups is 2. The van der Waals surface area contributed by atoms with Crippen LogP contribution in [0.4, 0.5) is 9.59 Å². The number of carboxylic acid groups (broad SMARTS) is 2. The first-order valence-corrected chi connectivity index (χ1v) is 6.14. The Labute approximate surface area is 119 Å². The van der Waals surface area contributed by atoms with Crippen LogP contribution in [0.2, 0.25) is 0 Å². The Morgan fingerprint density at radius 2 is 1.90 bits per heavy atom. The summed E-state index contributed by atoms with van der Waals surface area (Å²) in [4.78, 5) is 21.0. The first-order chi connectivity index (χ1) is 9.69. The maximum absolute atomic E-state index is 10.6. The lowest BCUT2D eigenvalue weighted by atomic mass is 10.1. The Kier molecular flexibility index (Phi) is 4.23. The van der Waals surface area contributed by atoms with E-state index in [-0.39, 0.29) is 0 Å². The highest BCUT2D eigenvalue weighted by Gasteiger charge is 2.57. The lowest BCUT2D eigenvalue weighted by molar-refractivity contribution is -0.228. The molecule has 0 amide bonds. The number of rotatable bonds is 4. The van der Waals surface area contributed by atoms with Crippen molar-refractivity contribution >= 4 is 12.3 Å². The van der Waals surface area contributed by atoms with Crippen molar-refractivity contribution in [2.75, 3.05) is 6.61 Å². The minimum Gasteiger partial charge on any atom is -0.450 e. The predicted octanol–water partition coefficient (Wildman–Crippen LogP) is -0.0185. The largest absolute Gasteiger partial charge is 0.506 e. The predicted molar refractivity (Wildman–Crippen MR) is 61.6 cm³/mol. The number of fused-ring (bicyclic) bond motifs is 1. The maximum Gasteiger partial charge on any atom is 0.506 e. The van der Waals surface area contributed by atoms with E-state index in [1.54, 1.807) is 13.8 Å². The van der Waals surface area contributed by atoms with Crippen molar-refractivity contribution in [2.45, 2.75) is 50.3 Å². The highest BCUT2D eigenvalue weighted by molar-refractivity contribution is 5.58. The van der Waals surface area contributed by atoms with Crippen molar-refractivity contribution in [1.82, 2.24) is 0 Å². The number of hydrogen-bond acceptors (Lipinski definition) is 8. The number of aliphatic hydroxyl groups is 1. The summed E-state index contributed by atoms with van der Waals surface area (Å²) in [7, 11) is 0. The SMILES string of the molecule is CC1(C)OC2OC(C(COC(=O)O)OC(=O)O)C(O)C2O1. The second-order valence-corrected chi connectivity index (χ2v) is 5.06. The first-order valence-electron chi connectivity index (χ1n) is 6.14. The number of aliphatic hydroxyl groups excluding tert-OH is 1. The standard InChI is InChI=1S/C11H16O10/c1-11(2)20-7-5(12)6(19-8(7)21-11)4(18-10(15)16)3-17-9(13)14/h4-8,12H,3H2,1-2H3,(H,13,14)(H,15,16). The Bertz CT molecular complexity index is 421. The monoisotopic (exact) mass is 308 g/mol. The van der Waals surface area contributed by atoms with E-state index >= 15 is 0 Å². The highest BCUT2D eigenvalue weighted by atomic mass is 16.8. The number of hydrogen-bond donors (Lipinski definition) is 3. The Morgan fingerprint density at radius 3 is 2.43 bits per heavy atom. The molecule has 0 bridgehead atoms. The van der Waals surface area contributed by atoms with Crippen LogP contribution in [0, 0.1) is 0 Å². The average molecular weight is 308 g/mol. The molecule has 2 aliphatic rings. The van der Waals surface area contributed by atoms with Crippen molar-refractivity contribution in [3.05, 3.63) is 0 Å². The Balaban J connectivity index is 2.04. The van der Waals surface area contributed by atoms with Gasteiger partial charge in [0.25, 0.3) is 0 Å². The molecule has 0 aromatic rings. The second-order valence-electron chi connectivity index (χ2n) is 5.06. The zero-order chi connectivity index (χ0) is 15.8. The molecule has 2 aliphatic heterocycles. The van der Waals surface area contributed by atoms with Crippen LogP contribution in [0.3, 0.4) is 0 Å². The van der Waals surface area contributed by atoms with Gasteiger partial charge in [-0.15, -0.1) is 0 Å².